The third kappa shape index (κ3) is 7.19. The lowest BCUT2D eigenvalue weighted by molar-refractivity contribution is -0.159. The molecule has 0 atom stereocenters. The number of anilines is 1. The molecule has 1 fully saturated rings. The average Bonchev–Trinajstić information content (AvgIpc) is 3.39. The van der Waals surface area contributed by atoms with Gasteiger partial charge in [0, 0.05) is 10.9 Å². The Hall–Kier alpha value is -3.24. The first-order valence-electron chi connectivity index (χ1n) is 9.66. The number of benzene rings is 1. The van der Waals surface area contributed by atoms with Crippen molar-refractivity contribution in [1.82, 2.24) is 4.90 Å². The van der Waals surface area contributed by atoms with Gasteiger partial charge >= 0.3 is 17.9 Å². The van der Waals surface area contributed by atoms with E-state index < -0.39 is 17.9 Å². The van der Waals surface area contributed by atoms with E-state index in [4.69, 9.17) is 24.5 Å². The Morgan fingerprint density at radius 3 is 2.23 bits per heavy atom. The number of nitrogens with one attached hydrogen (secondary N) is 1. The van der Waals surface area contributed by atoms with Crippen molar-refractivity contribution in [3.8, 4) is 11.1 Å². The van der Waals surface area contributed by atoms with Crippen LogP contribution in [0.1, 0.15) is 30.1 Å². The first-order chi connectivity index (χ1) is 14.8. The topological polar surface area (TPSA) is 133 Å². The summed E-state index contributed by atoms with van der Waals surface area (Å²) < 4.78 is 5.21. The molecular formula is C21H24N2O7S. The number of aliphatic carboxylic acids is 2. The third-order valence-corrected chi connectivity index (χ3v) is 5.25. The fourth-order valence-corrected chi connectivity index (χ4v) is 3.97. The minimum atomic E-state index is -1.82. The molecule has 0 spiro atoms. The summed E-state index contributed by atoms with van der Waals surface area (Å²) in [7, 11) is 0. The molecule has 31 heavy (non-hydrogen) atoms. The highest BCUT2D eigenvalue weighted by atomic mass is 32.1. The molecule has 1 aliphatic heterocycles. The van der Waals surface area contributed by atoms with Gasteiger partial charge in [0.05, 0.1) is 13.2 Å². The Morgan fingerprint density at radius 2 is 1.68 bits per heavy atom. The normalized spacial score (nSPS) is 13.1. The molecule has 0 aliphatic carbocycles. The molecule has 0 radical (unpaired) electrons. The molecule has 3 rings (SSSR count). The van der Waals surface area contributed by atoms with E-state index >= 15 is 0 Å². The summed E-state index contributed by atoms with van der Waals surface area (Å²) in [6.07, 6.45) is 2.27. The number of rotatable bonds is 6. The van der Waals surface area contributed by atoms with Crippen LogP contribution in [0.15, 0.2) is 35.7 Å². The van der Waals surface area contributed by atoms with Crippen LogP contribution in [0.2, 0.25) is 0 Å². The molecule has 1 aromatic carbocycles. The summed E-state index contributed by atoms with van der Waals surface area (Å²) in [5, 5.41) is 20.1. The minimum absolute atomic E-state index is 0.0890. The highest BCUT2D eigenvalue weighted by Crippen LogP contribution is 2.36. The zero-order chi connectivity index (χ0) is 22.8. The molecule has 3 N–H and O–H groups in total. The lowest BCUT2D eigenvalue weighted by Gasteiger charge is -2.14. The van der Waals surface area contributed by atoms with Crippen LogP contribution in [0, 0.1) is 0 Å². The van der Waals surface area contributed by atoms with E-state index in [0.29, 0.717) is 23.7 Å². The number of carboxylic acid groups (broad SMARTS) is 2. The van der Waals surface area contributed by atoms with E-state index in [0.717, 1.165) is 37.1 Å². The highest BCUT2D eigenvalue weighted by Gasteiger charge is 2.23. The van der Waals surface area contributed by atoms with Gasteiger partial charge in [-0.05, 0) is 38.4 Å². The number of nitrogens with zero attached hydrogens (tertiary/aromatic N) is 1. The van der Waals surface area contributed by atoms with Crippen LogP contribution >= 0.6 is 11.3 Å². The molecule has 1 amide bonds. The number of hydrogen-bond acceptors (Lipinski definition) is 7. The van der Waals surface area contributed by atoms with Crippen LogP contribution in [0.25, 0.3) is 11.1 Å². The van der Waals surface area contributed by atoms with Crippen LogP contribution in [-0.4, -0.2) is 65.2 Å². The Labute approximate surface area is 183 Å². The van der Waals surface area contributed by atoms with Gasteiger partial charge in [-0.25, -0.2) is 14.4 Å². The summed E-state index contributed by atoms with van der Waals surface area (Å²) in [6.45, 7) is 4.35. The first kappa shape index (κ1) is 24.0. The van der Waals surface area contributed by atoms with Crippen LogP contribution in [0.3, 0.4) is 0 Å². The molecule has 10 heteroatoms. The van der Waals surface area contributed by atoms with Crippen LogP contribution in [0.4, 0.5) is 5.00 Å². The number of amides is 1. The molecular weight excluding hydrogens is 424 g/mol. The highest BCUT2D eigenvalue weighted by molar-refractivity contribution is 7.15. The lowest BCUT2D eigenvalue weighted by atomic mass is 10.0. The van der Waals surface area contributed by atoms with E-state index in [2.05, 4.69) is 10.2 Å². The van der Waals surface area contributed by atoms with Crippen molar-refractivity contribution in [2.24, 2.45) is 0 Å². The van der Waals surface area contributed by atoms with Crippen LogP contribution in [-0.2, 0) is 19.1 Å². The smallest absolute Gasteiger partial charge is 0.414 e. The van der Waals surface area contributed by atoms with Gasteiger partial charge in [0.25, 0.3) is 0 Å². The van der Waals surface area contributed by atoms with E-state index in [1.54, 1.807) is 6.92 Å². The molecule has 1 aromatic heterocycles. The van der Waals surface area contributed by atoms with Gasteiger partial charge in [-0.3, -0.25) is 9.69 Å². The summed E-state index contributed by atoms with van der Waals surface area (Å²) in [6, 6.07) is 9.67. The van der Waals surface area contributed by atoms with Crippen LogP contribution < -0.4 is 5.32 Å². The summed E-state index contributed by atoms with van der Waals surface area (Å²) in [5.41, 5.74) is 2.16. The molecule has 1 saturated heterocycles. The Bertz CT molecular complexity index is 909. The number of likely N-dealkylation sites (tertiary alicyclic amines) is 1. The molecule has 0 saturated carbocycles. The Kier molecular flexibility index (Phi) is 9.16. The molecule has 9 nitrogen and oxygen atoms in total. The maximum atomic E-state index is 12.5. The quantitative estimate of drug-likeness (QED) is 0.454. The van der Waals surface area contributed by atoms with E-state index in [1.165, 1.54) is 11.3 Å². The van der Waals surface area contributed by atoms with E-state index in [-0.39, 0.29) is 5.91 Å². The maximum absolute atomic E-state index is 12.5. The number of ether oxygens (including phenoxy) is 1. The average molecular weight is 448 g/mol. The van der Waals surface area contributed by atoms with Gasteiger partial charge in [0.15, 0.2) is 0 Å². The predicted octanol–water partition coefficient (Wildman–Crippen LogP) is 2.78. The number of carbonyl (C=O) groups is 4. The second-order valence-corrected chi connectivity index (χ2v) is 7.46. The molecule has 1 aliphatic rings. The number of carbonyl (C=O) groups excluding carboxylic acids is 2. The van der Waals surface area contributed by atoms with Gasteiger partial charge in [-0.1, -0.05) is 30.3 Å². The van der Waals surface area contributed by atoms with Crippen molar-refractivity contribution in [3.63, 3.8) is 0 Å². The molecule has 0 unspecified atom stereocenters. The lowest BCUT2D eigenvalue weighted by Crippen LogP contribution is -2.31. The first-order valence-corrected chi connectivity index (χ1v) is 10.5. The summed E-state index contributed by atoms with van der Waals surface area (Å²) in [5.74, 6) is -4.14. The maximum Gasteiger partial charge on any atom is 0.414 e. The summed E-state index contributed by atoms with van der Waals surface area (Å²) in [4.78, 5) is 45.1. The fraction of sp³-hybridized carbons (Fsp3) is 0.333. The fourth-order valence-electron chi connectivity index (χ4n) is 3.00. The summed E-state index contributed by atoms with van der Waals surface area (Å²) >= 11 is 1.36. The van der Waals surface area contributed by atoms with Crippen molar-refractivity contribution in [2.45, 2.75) is 19.8 Å². The molecule has 2 aromatic rings. The van der Waals surface area contributed by atoms with E-state index in [9.17, 15) is 9.59 Å². The Morgan fingerprint density at radius 1 is 1.06 bits per heavy atom. The Balaban J connectivity index is 0.000000501. The van der Waals surface area contributed by atoms with Crippen LogP contribution in [0.5, 0.6) is 0 Å². The van der Waals surface area contributed by atoms with Gasteiger partial charge < -0.3 is 20.3 Å². The van der Waals surface area contributed by atoms with Crippen molar-refractivity contribution in [1.29, 1.82) is 0 Å². The number of carboxylic acids is 2. The standard InChI is InChI=1S/C19H22N2O3S.C2H2O4/c1-2-24-19(23)17-15(14-8-4-3-5-9-14)13-25-18(17)20-16(22)12-21-10-6-7-11-21;3-1(4)2(5)6/h3-5,8-9,13H,2,6-7,10-12H2,1H3,(H,20,22);(H,3,4)(H,5,6). The number of esters is 1. The molecule has 0 bridgehead atoms. The monoisotopic (exact) mass is 448 g/mol. The second kappa shape index (κ2) is 11.8. The van der Waals surface area contributed by atoms with E-state index in [1.807, 2.05) is 35.7 Å². The molecule has 2 heterocycles. The number of thiophene rings is 1. The zero-order valence-corrected chi connectivity index (χ0v) is 17.8. The van der Waals surface area contributed by atoms with Crippen molar-refractivity contribution >= 4 is 40.2 Å². The minimum Gasteiger partial charge on any atom is -0.473 e. The van der Waals surface area contributed by atoms with Crippen molar-refractivity contribution in [2.75, 3.05) is 31.6 Å². The molecule has 166 valence electrons. The second-order valence-electron chi connectivity index (χ2n) is 6.58. The van der Waals surface area contributed by atoms with Gasteiger partial charge in [-0.15, -0.1) is 11.3 Å². The predicted molar refractivity (Wildman–Crippen MR) is 115 cm³/mol. The zero-order valence-electron chi connectivity index (χ0n) is 17.0. The van der Waals surface area contributed by atoms with Crippen molar-refractivity contribution in [3.05, 3.63) is 41.3 Å². The number of hydrogen-bond donors (Lipinski definition) is 3. The largest absolute Gasteiger partial charge is 0.473 e. The van der Waals surface area contributed by atoms with Gasteiger partial charge in [0.1, 0.15) is 10.6 Å². The van der Waals surface area contributed by atoms with Crippen molar-refractivity contribution < 1.29 is 34.1 Å². The third-order valence-electron chi connectivity index (χ3n) is 4.36. The van der Waals surface area contributed by atoms with Gasteiger partial charge in [0.2, 0.25) is 5.91 Å². The van der Waals surface area contributed by atoms with Gasteiger partial charge in [-0.2, -0.15) is 0 Å². The SMILES string of the molecule is CCOC(=O)c1c(-c2ccccc2)csc1NC(=O)CN1CCCC1.O=C(O)C(=O)O.